The number of benzene rings is 1. The molecule has 1 unspecified atom stereocenters. The number of nitrogens with zero attached hydrogens (tertiary/aromatic N) is 2. The van der Waals surface area contributed by atoms with Gasteiger partial charge in [-0.1, -0.05) is 23.7 Å². The fourth-order valence-electron chi connectivity index (χ4n) is 3.13. The number of hydrogen-bond acceptors (Lipinski definition) is 4. The van der Waals surface area contributed by atoms with Gasteiger partial charge in [0.05, 0.1) is 19.3 Å². The van der Waals surface area contributed by atoms with Gasteiger partial charge in [0.1, 0.15) is 11.5 Å². The molecule has 27 heavy (non-hydrogen) atoms. The minimum absolute atomic E-state index is 0.136. The van der Waals surface area contributed by atoms with Crippen molar-refractivity contribution in [2.45, 2.75) is 19.5 Å². The number of ether oxygens (including phenoxy) is 1. The van der Waals surface area contributed by atoms with Crippen LogP contribution in [0.3, 0.4) is 0 Å². The number of rotatable bonds is 6. The molecule has 6 nitrogen and oxygen atoms in total. The van der Waals surface area contributed by atoms with Crippen molar-refractivity contribution in [3.8, 4) is 0 Å². The monoisotopic (exact) mass is 390 g/mol. The summed E-state index contributed by atoms with van der Waals surface area (Å²) in [6.45, 7) is 6.64. The van der Waals surface area contributed by atoms with Gasteiger partial charge >= 0.3 is 0 Å². The first-order chi connectivity index (χ1) is 13.2. The molecule has 1 aliphatic heterocycles. The Morgan fingerprint density at radius 1 is 1.15 bits per heavy atom. The predicted octanol–water partition coefficient (Wildman–Crippen LogP) is 2.98. The van der Waals surface area contributed by atoms with Crippen LogP contribution in [0.15, 0.2) is 45.8 Å². The molecule has 0 aliphatic carbocycles. The molecule has 0 bridgehead atoms. The Morgan fingerprint density at radius 3 is 2.52 bits per heavy atom. The number of aryl methyl sites for hydroxylation is 1. The van der Waals surface area contributed by atoms with E-state index >= 15 is 0 Å². The summed E-state index contributed by atoms with van der Waals surface area (Å²) < 4.78 is 11.4. The molecule has 1 aliphatic rings. The van der Waals surface area contributed by atoms with Crippen molar-refractivity contribution >= 4 is 17.6 Å². The van der Waals surface area contributed by atoms with Gasteiger partial charge < -0.3 is 19.8 Å². The van der Waals surface area contributed by atoms with Crippen LogP contribution in [0.25, 0.3) is 0 Å². The molecule has 2 heterocycles. The molecule has 0 amide bonds. The van der Waals surface area contributed by atoms with Crippen molar-refractivity contribution in [3.63, 3.8) is 0 Å². The second-order valence-corrected chi connectivity index (χ2v) is 6.98. The SMILES string of the molecule is CN=C(NCc1ccc(Cl)cc1)NCC(c1ccc(C)o1)N1CCOCC1. The van der Waals surface area contributed by atoms with Gasteiger partial charge in [0.2, 0.25) is 0 Å². The van der Waals surface area contributed by atoms with E-state index in [1.54, 1.807) is 7.05 Å². The van der Waals surface area contributed by atoms with Gasteiger partial charge in [-0.3, -0.25) is 9.89 Å². The number of nitrogens with one attached hydrogen (secondary N) is 2. The molecule has 0 spiro atoms. The van der Waals surface area contributed by atoms with E-state index in [4.69, 9.17) is 20.8 Å². The van der Waals surface area contributed by atoms with Crippen molar-refractivity contribution in [2.75, 3.05) is 39.9 Å². The quantitative estimate of drug-likeness (QED) is 0.586. The van der Waals surface area contributed by atoms with Crippen LogP contribution in [-0.2, 0) is 11.3 Å². The van der Waals surface area contributed by atoms with E-state index < -0.39 is 0 Å². The molecule has 1 fully saturated rings. The van der Waals surface area contributed by atoms with Crippen molar-refractivity contribution in [3.05, 3.63) is 58.5 Å². The maximum absolute atomic E-state index is 5.94. The fraction of sp³-hybridized carbons (Fsp3) is 0.450. The maximum atomic E-state index is 5.94. The highest BCUT2D eigenvalue weighted by molar-refractivity contribution is 6.30. The topological polar surface area (TPSA) is 62.0 Å². The number of furan rings is 1. The lowest BCUT2D eigenvalue weighted by atomic mass is 10.1. The first-order valence-electron chi connectivity index (χ1n) is 9.23. The molecule has 1 aromatic carbocycles. The van der Waals surface area contributed by atoms with Crippen LogP contribution in [0.1, 0.15) is 23.1 Å². The smallest absolute Gasteiger partial charge is 0.191 e. The molecule has 0 saturated carbocycles. The van der Waals surface area contributed by atoms with Gasteiger partial charge in [-0.25, -0.2) is 0 Å². The van der Waals surface area contributed by atoms with E-state index in [-0.39, 0.29) is 6.04 Å². The second-order valence-electron chi connectivity index (χ2n) is 6.55. The van der Waals surface area contributed by atoms with E-state index in [0.29, 0.717) is 13.1 Å². The van der Waals surface area contributed by atoms with Gasteiger partial charge in [0, 0.05) is 38.2 Å². The molecule has 2 aromatic rings. The van der Waals surface area contributed by atoms with Crippen molar-refractivity contribution in [1.82, 2.24) is 15.5 Å². The Balaban J connectivity index is 1.59. The Kier molecular flexibility index (Phi) is 7.15. The van der Waals surface area contributed by atoms with Crippen LogP contribution in [0, 0.1) is 6.92 Å². The molecule has 146 valence electrons. The molecule has 1 aromatic heterocycles. The van der Waals surface area contributed by atoms with Gasteiger partial charge in [-0.2, -0.15) is 0 Å². The van der Waals surface area contributed by atoms with Crippen LogP contribution in [0.5, 0.6) is 0 Å². The minimum atomic E-state index is 0.136. The number of halogens is 1. The van der Waals surface area contributed by atoms with Gasteiger partial charge in [-0.15, -0.1) is 0 Å². The highest BCUT2D eigenvalue weighted by atomic mass is 35.5. The second kappa shape index (κ2) is 9.78. The molecule has 1 saturated heterocycles. The average molecular weight is 391 g/mol. The Hall–Kier alpha value is -2.02. The fourth-order valence-corrected chi connectivity index (χ4v) is 3.26. The third-order valence-electron chi connectivity index (χ3n) is 4.64. The van der Waals surface area contributed by atoms with E-state index in [2.05, 4.69) is 26.6 Å². The molecule has 1 atom stereocenters. The van der Waals surface area contributed by atoms with Crippen LogP contribution >= 0.6 is 11.6 Å². The molecule has 3 rings (SSSR count). The summed E-state index contributed by atoms with van der Waals surface area (Å²) in [5, 5.41) is 7.51. The number of aliphatic imine (C=N–C) groups is 1. The average Bonchev–Trinajstić information content (AvgIpc) is 3.12. The molecular formula is C20H27ClN4O2. The molecule has 0 radical (unpaired) electrons. The van der Waals surface area contributed by atoms with Crippen LogP contribution in [-0.4, -0.2) is 50.8 Å². The molecule has 7 heteroatoms. The lowest BCUT2D eigenvalue weighted by Crippen LogP contribution is -2.46. The van der Waals surface area contributed by atoms with Gasteiger partial charge in [0.15, 0.2) is 5.96 Å². The highest BCUT2D eigenvalue weighted by Crippen LogP contribution is 2.23. The summed E-state index contributed by atoms with van der Waals surface area (Å²) in [6, 6.07) is 12.0. The minimum Gasteiger partial charge on any atom is -0.465 e. The highest BCUT2D eigenvalue weighted by Gasteiger charge is 2.25. The van der Waals surface area contributed by atoms with Crippen molar-refractivity contribution in [2.24, 2.45) is 4.99 Å². The largest absolute Gasteiger partial charge is 0.465 e. The molecular weight excluding hydrogens is 364 g/mol. The predicted molar refractivity (Wildman–Crippen MR) is 108 cm³/mol. The summed E-state index contributed by atoms with van der Waals surface area (Å²) in [6.07, 6.45) is 0. The molecule has 2 N–H and O–H groups in total. The van der Waals surface area contributed by atoms with Crippen LogP contribution in [0.4, 0.5) is 0 Å². The standard InChI is InChI=1S/C20H27ClN4O2/c1-15-3-8-19(27-15)18(25-9-11-26-12-10-25)14-24-20(22-2)23-13-16-4-6-17(21)7-5-16/h3-8,18H,9-14H2,1-2H3,(H2,22,23,24). The zero-order valence-electron chi connectivity index (χ0n) is 15.9. The summed E-state index contributed by atoms with van der Waals surface area (Å²) >= 11 is 5.94. The lowest BCUT2D eigenvalue weighted by molar-refractivity contribution is 0.0124. The van der Waals surface area contributed by atoms with Crippen LogP contribution < -0.4 is 10.6 Å². The van der Waals surface area contributed by atoms with E-state index in [1.807, 2.05) is 37.3 Å². The third kappa shape index (κ3) is 5.73. The lowest BCUT2D eigenvalue weighted by Gasteiger charge is -2.33. The zero-order chi connectivity index (χ0) is 19.1. The first kappa shape index (κ1) is 19.7. The van der Waals surface area contributed by atoms with Crippen molar-refractivity contribution in [1.29, 1.82) is 0 Å². The maximum Gasteiger partial charge on any atom is 0.191 e. The normalized spacial score (nSPS) is 16.9. The van der Waals surface area contributed by atoms with Crippen molar-refractivity contribution < 1.29 is 9.15 Å². The Morgan fingerprint density at radius 2 is 1.89 bits per heavy atom. The Labute approximate surface area is 165 Å². The third-order valence-corrected chi connectivity index (χ3v) is 4.89. The summed E-state index contributed by atoms with van der Waals surface area (Å²) in [5.41, 5.74) is 1.15. The number of guanidine groups is 1. The van der Waals surface area contributed by atoms with E-state index in [1.165, 1.54) is 0 Å². The van der Waals surface area contributed by atoms with Crippen LogP contribution in [0.2, 0.25) is 5.02 Å². The van der Waals surface area contributed by atoms with E-state index in [9.17, 15) is 0 Å². The number of morpholine rings is 1. The summed E-state index contributed by atoms with van der Waals surface area (Å²) in [7, 11) is 1.78. The van der Waals surface area contributed by atoms with Gasteiger partial charge in [-0.05, 0) is 36.8 Å². The zero-order valence-corrected chi connectivity index (χ0v) is 16.6. The summed E-state index contributed by atoms with van der Waals surface area (Å²) in [4.78, 5) is 6.72. The number of hydrogen-bond donors (Lipinski definition) is 2. The van der Waals surface area contributed by atoms with Gasteiger partial charge in [0.25, 0.3) is 0 Å². The first-order valence-corrected chi connectivity index (χ1v) is 9.60. The Bertz CT molecular complexity index is 739. The summed E-state index contributed by atoms with van der Waals surface area (Å²) in [5.74, 6) is 2.65. The van der Waals surface area contributed by atoms with E-state index in [0.717, 1.165) is 54.4 Å².